The first-order chi connectivity index (χ1) is 11.4. The van der Waals surface area contributed by atoms with E-state index in [0.717, 1.165) is 0 Å². The largest absolute Gasteiger partial charge is 0.496 e. The van der Waals surface area contributed by atoms with Crippen molar-refractivity contribution >= 4 is 11.8 Å². The monoisotopic (exact) mass is 334 g/mol. The molecule has 2 aromatic rings. The van der Waals surface area contributed by atoms with Crippen molar-refractivity contribution in [1.29, 1.82) is 0 Å². The Labute approximate surface area is 140 Å². The van der Waals surface area contributed by atoms with Gasteiger partial charge in [0.25, 0.3) is 5.91 Å². The minimum absolute atomic E-state index is 0.243. The maximum Gasteiger partial charge on any atom is 0.265 e. The number of rotatable bonds is 7. The van der Waals surface area contributed by atoms with Crippen LogP contribution in [-0.4, -0.2) is 39.0 Å². The molecule has 0 radical (unpaired) electrons. The molecular weight excluding hydrogens is 312 g/mol. The van der Waals surface area contributed by atoms with Gasteiger partial charge in [-0.25, -0.2) is 0 Å². The number of hydrogen-bond donors (Lipinski definition) is 1. The Morgan fingerprint density at radius 3 is 2.38 bits per heavy atom. The molecule has 0 spiro atoms. The van der Waals surface area contributed by atoms with E-state index in [-0.39, 0.29) is 16.9 Å². The van der Waals surface area contributed by atoms with Gasteiger partial charge in [0, 0.05) is 18.6 Å². The summed E-state index contributed by atoms with van der Waals surface area (Å²) in [4.78, 5) is 12.6. The quantitative estimate of drug-likeness (QED) is 0.838. The lowest BCUT2D eigenvalue weighted by Crippen LogP contribution is -2.23. The van der Waals surface area contributed by atoms with Crippen molar-refractivity contribution in [1.82, 2.24) is 5.16 Å². The van der Waals surface area contributed by atoms with Crippen LogP contribution in [0.4, 0.5) is 5.88 Å². The number of hydrogen-bond acceptors (Lipinski definition) is 6. The molecule has 2 rings (SSSR count). The molecular formula is C17H22N2O5. The van der Waals surface area contributed by atoms with Crippen LogP contribution in [0, 0.1) is 0 Å². The Kier molecular flexibility index (Phi) is 5.46. The van der Waals surface area contributed by atoms with Gasteiger partial charge in [0.1, 0.15) is 17.1 Å². The third-order valence-corrected chi connectivity index (χ3v) is 3.60. The van der Waals surface area contributed by atoms with Crippen LogP contribution < -0.4 is 14.8 Å². The molecule has 0 fully saturated rings. The van der Waals surface area contributed by atoms with Crippen molar-refractivity contribution in [2.75, 3.05) is 33.3 Å². The van der Waals surface area contributed by atoms with E-state index in [1.807, 2.05) is 13.8 Å². The molecule has 0 saturated heterocycles. The van der Waals surface area contributed by atoms with Crippen LogP contribution in [0.25, 0.3) is 0 Å². The highest BCUT2D eigenvalue weighted by atomic mass is 16.5. The van der Waals surface area contributed by atoms with Gasteiger partial charge in [0.05, 0.1) is 26.5 Å². The molecule has 7 heteroatoms. The molecule has 0 aliphatic carbocycles. The molecule has 0 aliphatic rings. The van der Waals surface area contributed by atoms with Gasteiger partial charge < -0.3 is 18.7 Å². The fourth-order valence-electron chi connectivity index (χ4n) is 2.34. The van der Waals surface area contributed by atoms with Crippen LogP contribution >= 0.6 is 0 Å². The molecule has 1 amide bonds. The van der Waals surface area contributed by atoms with Gasteiger partial charge in [0.2, 0.25) is 5.88 Å². The van der Waals surface area contributed by atoms with Crippen LogP contribution in [0.5, 0.6) is 11.5 Å². The summed E-state index contributed by atoms with van der Waals surface area (Å²) in [6.07, 6.45) is 0. The predicted molar refractivity (Wildman–Crippen MR) is 88.9 cm³/mol. The Morgan fingerprint density at radius 1 is 1.21 bits per heavy atom. The van der Waals surface area contributed by atoms with E-state index in [0.29, 0.717) is 23.8 Å². The average molecular weight is 334 g/mol. The average Bonchev–Trinajstić information content (AvgIpc) is 3.03. The molecule has 0 unspecified atom stereocenters. The van der Waals surface area contributed by atoms with Crippen molar-refractivity contribution < 1.29 is 23.5 Å². The van der Waals surface area contributed by atoms with Gasteiger partial charge in [-0.2, -0.15) is 0 Å². The summed E-state index contributed by atoms with van der Waals surface area (Å²) in [7, 11) is 4.61. The minimum Gasteiger partial charge on any atom is -0.496 e. The Hall–Kier alpha value is -2.54. The molecule has 1 N–H and O–H groups in total. The van der Waals surface area contributed by atoms with Crippen molar-refractivity contribution in [3.05, 3.63) is 35.5 Å². The van der Waals surface area contributed by atoms with Crippen molar-refractivity contribution in [2.45, 2.75) is 19.3 Å². The van der Waals surface area contributed by atoms with Gasteiger partial charge >= 0.3 is 0 Å². The zero-order valence-electron chi connectivity index (χ0n) is 14.5. The van der Waals surface area contributed by atoms with Crippen LogP contribution in [0.15, 0.2) is 28.8 Å². The van der Waals surface area contributed by atoms with E-state index < -0.39 is 5.91 Å². The second kappa shape index (κ2) is 7.35. The Morgan fingerprint density at radius 2 is 1.83 bits per heavy atom. The Bertz CT molecular complexity index is 687. The first-order valence-corrected chi connectivity index (χ1v) is 7.41. The number of benzene rings is 1. The summed E-state index contributed by atoms with van der Waals surface area (Å²) >= 11 is 0. The lowest BCUT2D eigenvalue weighted by molar-refractivity contribution is 0.101. The number of nitrogens with one attached hydrogen (secondary N) is 1. The number of anilines is 1. The maximum absolute atomic E-state index is 12.6. The highest BCUT2D eigenvalue weighted by molar-refractivity contribution is 6.07. The van der Waals surface area contributed by atoms with E-state index in [2.05, 4.69) is 10.5 Å². The lowest BCUT2D eigenvalue weighted by atomic mass is 9.90. The summed E-state index contributed by atoms with van der Waals surface area (Å²) in [5, 5.41) is 6.68. The lowest BCUT2D eigenvalue weighted by Gasteiger charge is -2.19. The van der Waals surface area contributed by atoms with Gasteiger partial charge in [-0.3, -0.25) is 10.1 Å². The molecule has 1 aromatic heterocycles. The van der Waals surface area contributed by atoms with Crippen LogP contribution in [0.1, 0.15) is 29.9 Å². The van der Waals surface area contributed by atoms with Crippen molar-refractivity contribution in [2.24, 2.45) is 0 Å². The zero-order chi connectivity index (χ0) is 17.7. The normalized spacial score (nSPS) is 11.2. The SMILES string of the molecule is COCC(C)(C)c1cc(NC(=O)c2c(OC)cccc2OC)on1. The van der Waals surface area contributed by atoms with E-state index >= 15 is 0 Å². The van der Waals surface area contributed by atoms with E-state index in [1.54, 1.807) is 31.4 Å². The zero-order valence-corrected chi connectivity index (χ0v) is 14.5. The summed E-state index contributed by atoms with van der Waals surface area (Å²) in [6.45, 7) is 4.43. The number of nitrogens with zero attached hydrogens (tertiary/aromatic N) is 1. The number of aromatic nitrogens is 1. The summed E-state index contributed by atoms with van der Waals surface area (Å²) in [5.74, 6) is 0.654. The van der Waals surface area contributed by atoms with E-state index in [9.17, 15) is 4.79 Å². The highest BCUT2D eigenvalue weighted by Gasteiger charge is 2.26. The molecule has 1 heterocycles. The molecule has 24 heavy (non-hydrogen) atoms. The summed E-state index contributed by atoms with van der Waals surface area (Å²) < 4.78 is 20.9. The molecule has 0 aliphatic heterocycles. The number of carbonyl (C=O) groups excluding carboxylic acids is 1. The van der Waals surface area contributed by atoms with E-state index in [4.69, 9.17) is 18.7 Å². The summed E-state index contributed by atoms with van der Waals surface area (Å²) in [5.41, 5.74) is 0.645. The second-order valence-corrected chi connectivity index (χ2v) is 5.88. The van der Waals surface area contributed by atoms with Gasteiger partial charge in [0.15, 0.2) is 0 Å². The van der Waals surface area contributed by atoms with Crippen molar-refractivity contribution in [3.63, 3.8) is 0 Å². The first kappa shape index (κ1) is 17.8. The fourth-order valence-corrected chi connectivity index (χ4v) is 2.34. The number of amides is 1. The maximum atomic E-state index is 12.6. The fraction of sp³-hybridized carbons (Fsp3) is 0.412. The van der Waals surface area contributed by atoms with E-state index in [1.165, 1.54) is 14.2 Å². The molecule has 0 saturated carbocycles. The topological polar surface area (TPSA) is 82.8 Å². The molecule has 0 atom stereocenters. The molecule has 0 bridgehead atoms. The van der Waals surface area contributed by atoms with Gasteiger partial charge in [-0.15, -0.1) is 0 Å². The Balaban J connectivity index is 2.24. The second-order valence-electron chi connectivity index (χ2n) is 5.88. The van der Waals surface area contributed by atoms with Gasteiger partial charge in [-0.1, -0.05) is 25.1 Å². The number of methoxy groups -OCH3 is 3. The third-order valence-electron chi connectivity index (χ3n) is 3.60. The first-order valence-electron chi connectivity index (χ1n) is 7.41. The number of carbonyl (C=O) groups is 1. The van der Waals surface area contributed by atoms with Crippen LogP contribution in [0.3, 0.4) is 0 Å². The highest BCUT2D eigenvalue weighted by Crippen LogP contribution is 2.30. The molecule has 7 nitrogen and oxygen atoms in total. The van der Waals surface area contributed by atoms with Crippen molar-refractivity contribution in [3.8, 4) is 11.5 Å². The minimum atomic E-state index is -0.406. The standard InChI is InChI=1S/C17H22N2O5/c1-17(2,10-21-3)13-9-14(24-19-13)18-16(20)15-11(22-4)7-6-8-12(15)23-5/h6-9H,10H2,1-5H3,(H,18,20). The predicted octanol–water partition coefficient (Wildman–Crippen LogP) is 2.87. The molecule has 130 valence electrons. The molecule has 1 aromatic carbocycles. The number of ether oxygens (including phenoxy) is 3. The van der Waals surface area contributed by atoms with Crippen LogP contribution in [-0.2, 0) is 10.2 Å². The van der Waals surface area contributed by atoms with Crippen LogP contribution in [0.2, 0.25) is 0 Å². The smallest absolute Gasteiger partial charge is 0.265 e. The third kappa shape index (κ3) is 3.68. The summed E-state index contributed by atoms with van der Waals surface area (Å²) in [6, 6.07) is 6.79. The van der Waals surface area contributed by atoms with Gasteiger partial charge in [-0.05, 0) is 12.1 Å².